The Morgan fingerprint density at radius 1 is 1.26 bits per heavy atom. The minimum atomic E-state index is -0.673. The molecular formula is C14H24N2O3. The van der Waals surface area contributed by atoms with E-state index in [1.807, 2.05) is 6.92 Å². The number of nitrogens with zero attached hydrogens (tertiary/aromatic N) is 1. The van der Waals surface area contributed by atoms with Crippen molar-refractivity contribution in [1.29, 1.82) is 0 Å². The summed E-state index contributed by atoms with van der Waals surface area (Å²) >= 11 is 0. The van der Waals surface area contributed by atoms with Crippen LogP contribution in [0.5, 0.6) is 0 Å². The molecule has 0 bridgehead atoms. The topological polar surface area (TPSA) is 69.6 Å². The van der Waals surface area contributed by atoms with Crippen LogP contribution in [-0.4, -0.2) is 47.6 Å². The highest BCUT2D eigenvalue weighted by Gasteiger charge is 2.52. The van der Waals surface area contributed by atoms with Crippen molar-refractivity contribution in [2.45, 2.75) is 39.2 Å². The SMILES string of the molecule is CCNCC(O)CN1C(=O)C2CC(CC)CC2C1=O. The van der Waals surface area contributed by atoms with Crippen molar-refractivity contribution in [3.05, 3.63) is 0 Å². The standard InChI is InChI=1S/C14H24N2O3/c1-3-9-5-11-12(6-9)14(19)16(13(11)18)8-10(17)7-15-4-2/h9-12,15,17H,3-8H2,1-2H3. The minimum absolute atomic E-state index is 0.0681. The lowest BCUT2D eigenvalue weighted by atomic mass is 10.00. The number of likely N-dealkylation sites (tertiary alicyclic amines) is 1. The molecule has 5 nitrogen and oxygen atoms in total. The van der Waals surface area contributed by atoms with Gasteiger partial charge in [0.25, 0.3) is 0 Å². The first-order valence-corrected chi connectivity index (χ1v) is 7.32. The number of carbonyl (C=O) groups excluding carboxylic acids is 2. The minimum Gasteiger partial charge on any atom is -0.390 e. The molecule has 2 rings (SSSR count). The average Bonchev–Trinajstić information content (AvgIpc) is 2.92. The molecular weight excluding hydrogens is 244 g/mol. The van der Waals surface area contributed by atoms with E-state index >= 15 is 0 Å². The van der Waals surface area contributed by atoms with Crippen LogP contribution in [0, 0.1) is 17.8 Å². The van der Waals surface area contributed by atoms with Gasteiger partial charge in [0.1, 0.15) is 0 Å². The lowest BCUT2D eigenvalue weighted by Crippen LogP contribution is -2.42. The normalized spacial score (nSPS) is 31.9. The average molecular weight is 268 g/mol. The van der Waals surface area contributed by atoms with E-state index in [0.717, 1.165) is 25.8 Å². The number of rotatable bonds is 6. The van der Waals surface area contributed by atoms with Crippen LogP contribution < -0.4 is 5.32 Å². The Bertz CT molecular complexity index is 335. The number of likely N-dealkylation sites (N-methyl/N-ethyl adjacent to an activating group) is 1. The van der Waals surface area contributed by atoms with Gasteiger partial charge in [-0.15, -0.1) is 0 Å². The van der Waals surface area contributed by atoms with Crippen molar-refractivity contribution in [2.75, 3.05) is 19.6 Å². The van der Waals surface area contributed by atoms with Gasteiger partial charge in [-0.05, 0) is 25.3 Å². The largest absolute Gasteiger partial charge is 0.390 e. The third kappa shape index (κ3) is 2.82. The quantitative estimate of drug-likeness (QED) is 0.683. The Hall–Kier alpha value is -0.940. The predicted octanol–water partition coefficient (Wildman–Crippen LogP) is 0.378. The number of fused-ring (bicyclic) bond motifs is 1. The molecule has 0 aromatic carbocycles. The number of imide groups is 1. The van der Waals surface area contributed by atoms with Crippen LogP contribution in [0.2, 0.25) is 0 Å². The Labute approximate surface area is 114 Å². The molecule has 3 atom stereocenters. The zero-order valence-corrected chi connectivity index (χ0v) is 11.8. The van der Waals surface area contributed by atoms with Crippen LogP contribution in [-0.2, 0) is 9.59 Å². The molecule has 1 saturated carbocycles. The number of β-amino-alcohol motifs (C(OH)–C–C–N with tert-alkyl or cyclic N) is 1. The predicted molar refractivity (Wildman–Crippen MR) is 71.3 cm³/mol. The maximum atomic E-state index is 12.2. The van der Waals surface area contributed by atoms with Gasteiger partial charge >= 0.3 is 0 Å². The fraction of sp³-hybridized carbons (Fsp3) is 0.857. The summed E-state index contributed by atoms with van der Waals surface area (Å²) < 4.78 is 0. The number of aliphatic hydroxyl groups is 1. The number of hydrogen-bond acceptors (Lipinski definition) is 4. The molecule has 1 heterocycles. The molecule has 0 aromatic rings. The highest BCUT2D eigenvalue weighted by molar-refractivity contribution is 6.05. The molecule has 0 spiro atoms. The number of aliphatic hydroxyl groups excluding tert-OH is 1. The summed E-state index contributed by atoms with van der Waals surface area (Å²) in [6.45, 7) is 5.38. The summed E-state index contributed by atoms with van der Waals surface area (Å²) in [5, 5.41) is 12.8. The van der Waals surface area contributed by atoms with Crippen molar-refractivity contribution < 1.29 is 14.7 Å². The van der Waals surface area contributed by atoms with Crippen LogP contribution in [0.15, 0.2) is 0 Å². The summed E-state index contributed by atoms with van der Waals surface area (Å²) in [5.74, 6) is 0.132. The maximum Gasteiger partial charge on any atom is 0.233 e. The smallest absolute Gasteiger partial charge is 0.233 e. The molecule has 1 aliphatic carbocycles. The van der Waals surface area contributed by atoms with Gasteiger partial charge in [0, 0.05) is 6.54 Å². The fourth-order valence-corrected chi connectivity index (χ4v) is 3.30. The van der Waals surface area contributed by atoms with E-state index in [0.29, 0.717) is 12.5 Å². The van der Waals surface area contributed by atoms with Gasteiger partial charge in [0.2, 0.25) is 11.8 Å². The maximum absolute atomic E-state index is 12.2. The van der Waals surface area contributed by atoms with Gasteiger partial charge in [-0.25, -0.2) is 0 Å². The van der Waals surface area contributed by atoms with Crippen LogP contribution in [0.4, 0.5) is 0 Å². The van der Waals surface area contributed by atoms with Gasteiger partial charge < -0.3 is 10.4 Å². The van der Waals surface area contributed by atoms with Crippen LogP contribution in [0.25, 0.3) is 0 Å². The Morgan fingerprint density at radius 3 is 2.32 bits per heavy atom. The van der Waals surface area contributed by atoms with Crippen molar-refractivity contribution in [3.63, 3.8) is 0 Å². The number of carbonyl (C=O) groups is 2. The Morgan fingerprint density at radius 2 is 1.84 bits per heavy atom. The number of amides is 2. The third-order valence-corrected chi connectivity index (χ3v) is 4.43. The monoisotopic (exact) mass is 268 g/mol. The zero-order valence-electron chi connectivity index (χ0n) is 11.8. The van der Waals surface area contributed by atoms with Crippen LogP contribution >= 0.6 is 0 Å². The number of hydrogen-bond donors (Lipinski definition) is 2. The summed E-state index contributed by atoms with van der Waals surface area (Å²) in [7, 11) is 0. The molecule has 2 N–H and O–H groups in total. The van der Waals surface area contributed by atoms with E-state index in [4.69, 9.17) is 0 Å². The van der Waals surface area contributed by atoms with Crippen molar-refractivity contribution >= 4 is 11.8 Å². The molecule has 2 amide bonds. The first-order chi connectivity index (χ1) is 9.08. The summed E-state index contributed by atoms with van der Waals surface area (Å²) in [4.78, 5) is 25.8. The first kappa shape index (κ1) is 14.5. The van der Waals surface area contributed by atoms with E-state index in [1.54, 1.807) is 0 Å². The zero-order chi connectivity index (χ0) is 14.0. The molecule has 108 valence electrons. The van der Waals surface area contributed by atoms with Gasteiger partial charge in [-0.3, -0.25) is 14.5 Å². The summed E-state index contributed by atoms with van der Waals surface area (Å²) in [5.41, 5.74) is 0. The second-order valence-electron chi connectivity index (χ2n) is 5.71. The third-order valence-electron chi connectivity index (χ3n) is 4.43. The second kappa shape index (κ2) is 6.01. The molecule has 3 unspecified atom stereocenters. The van der Waals surface area contributed by atoms with Crippen LogP contribution in [0.3, 0.4) is 0 Å². The fourth-order valence-electron chi connectivity index (χ4n) is 3.30. The highest BCUT2D eigenvalue weighted by Crippen LogP contribution is 2.44. The van der Waals surface area contributed by atoms with Gasteiger partial charge in [0.05, 0.1) is 24.5 Å². The van der Waals surface area contributed by atoms with Crippen molar-refractivity contribution in [3.8, 4) is 0 Å². The molecule has 19 heavy (non-hydrogen) atoms. The number of nitrogens with one attached hydrogen (secondary N) is 1. The molecule has 5 heteroatoms. The van der Waals surface area contributed by atoms with E-state index in [-0.39, 0.29) is 30.2 Å². The van der Waals surface area contributed by atoms with Crippen molar-refractivity contribution in [1.82, 2.24) is 10.2 Å². The lowest BCUT2D eigenvalue weighted by molar-refractivity contribution is -0.142. The van der Waals surface area contributed by atoms with E-state index < -0.39 is 6.10 Å². The van der Waals surface area contributed by atoms with E-state index in [1.165, 1.54) is 4.90 Å². The van der Waals surface area contributed by atoms with Gasteiger partial charge in [0.15, 0.2) is 0 Å². The Kier molecular flexibility index (Phi) is 4.58. The van der Waals surface area contributed by atoms with E-state index in [2.05, 4.69) is 12.2 Å². The van der Waals surface area contributed by atoms with E-state index in [9.17, 15) is 14.7 Å². The molecule has 2 fully saturated rings. The summed E-state index contributed by atoms with van der Waals surface area (Å²) in [6, 6.07) is 0. The molecule has 0 aromatic heterocycles. The first-order valence-electron chi connectivity index (χ1n) is 7.32. The molecule has 1 aliphatic heterocycles. The van der Waals surface area contributed by atoms with Crippen molar-refractivity contribution in [2.24, 2.45) is 17.8 Å². The van der Waals surface area contributed by atoms with Gasteiger partial charge in [-0.1, -0.05) is 20.3 Å². The second-order valence-corrected chi connectivity index (χ2v) is 5.71. The Balaban J connectivity index is 1.94. The van der Waals surface area contributed by atoms with Gasteiger partial charge in [-0.2, -0.15) is 0 Å². The molecule has 1 saturated heterocycles. The van der Waals surface area contributed by atoms with Crippen LogP contribution in [0.1, 0.15) is 33.1 Å². The molecule has 2 aliphatic rings. The highest BCUT2D eigenvalue weighted by atomic mass is 16.3. The molecule has 0 radical (unpaired) electrons. The summed E-state index contributed by atoms with van der Waals surface area (Å²) in [6.07, 6.45) is 2.04. The lowest BCUT2D eigenvalue weighted by Gasteiger charge is -2.20.